The van der Waals surface area contributed by atoms with Crippen LogP contribution in [-0.4, -0.2) is 59.3 Å². The molecular formula is C9H19NO5. The van der Waals surface area contributed by atoms with Gasteiger partial charge in [-0.05, 0) is 13.8 Å². The van der Waals surface area contributed by atoms with Gasteiger partial charge < -0.3 is 25.4 Å². The van der Waals surface area contributed by atoms with E-state index in [1.807, 2.05) is 0 Å². The maximum atomic E-state index is 11.6. The molecular weight excluding hydrogens is 202 g/mol. The first kappa shape index (κ1) is 14.3. The van der Waals surface area contributed by atoms with Crippen molar-refractivity contribution in [1.82, 2.24) is 5.32 Å². The van der Waals surface area contributed by atoms with Crippen molar-refractivity contribution < 1.29 is 24.9 Å². The molecule has 0 aromatic carbocycles. The quantitative estimate of drug-likeness (QED) is 0.426. The molecule has 0 spiro atoms. The van der Waals surface area contributed by atoms with E-state index in [1.54, 1.807) is 13.8 Å². The van der Waals surface area contributed by atoms with E-state index < -0.39 is 36.9 Å². The summed E-state index contributed by atoms with van der Waals surface area (Å²) in [7, 11) is 1.37. The topological polar surface area (TPSA) is 99.0 Å². The van der Waals surface area contributed by atoms with Crippen molar-refractivity contribution >= 4 is 5.91 Å². The predicted octanol–water partition coefficient (Wildman–Crippen LogP) is -1.76. The Hall–Kier alpha value is -0.690. The number of carbonyl (C=O) groups is 1. The molecule has 0 heterocycles. The smallest absolute Gasteiger partial charge is 0.252 e. The number of hydrogen-bond acceptors (Lipinski definition) is 5. The molecule has 0 saturated carbocycles. The lowest BCUT2D eigenvalue weighted by Crippen LogP contribution is -2.61. The minimum Gasteiger partial charge on any atom is -0.394 e. The van der Waals surface area contributed by atoms with Crippen molar-refractivity contribution in [3.8, 4) is 0 Å². The van der Waals surface area contributed by atoms with E-state index in [4.69, 9.17) is 20.1 Å². The average Bonchev–Trinajstić information content (AvgIpc) is 2.25. The maximum absolute atomic E-state index is 11.6. The summed E-state index contributed by atoms with van der Waals surface area (Å²) in [5.41, 5.74) is -2.49. The van der Waals surface area contributed by atoms with Crippen LogP contribution in [0.15, 0.2) is 0 Å². The number of methoxy groups -OCH3 is 1. The summed E-state index contributed by atoms with van der Waals surface area (Å²) >= 11 is 0. The van der Waals surface area contributed by atoms with Crippen molar-refractivity contribution in [3.63, 3.8) is 0 Å². The summed E-state index contributed by atoms with van der Waals surface area (Å²) in [5, 5.41) is 29.3. The monoisotopic (exact) mass is 221 g/mol. The number of amides is 1. The highest BCUT2D eigenvalue weighted by atomic mass is 16.5. The van der Waals surface area contributed by atoms with Gasteiger partial charge in [-0.1, -0.05) is 0 Å². The first-order valence-electron chi connectivity index (χ1n) is 4.58. The van der Waals surface area contributed by atoms with Gasteiger partial charge in [-0.25, -0.2) is 0 Å². The van der Waals surface area contributed by atoms with Crippen LogP contribution in [-0.2, 0) is 9.53 Å². The molecule has 0 bridgehead atoms. The third kappa shape index (κ3) is 3.42. The third-order valence-electron chi connectivity index (χ3n) is 2.34. The van der Waals surface area contributed by atoms with Crippen molar-refractivity contribution in [2.24, 2.45) is 0 Å². The summed E-state index contributed by atoms with van der Waals surface area (Å²) in [5.74, 6) is -0.512. The van der Waals surface area contributed by atoms with Gasteiger partial charge in [-0.3, -0.25) is 4.79 Å². The Balaban J connectivity index is 4.62. The zero-order valence-corrected chi connectivity index (χ0v) is 9.28. The van der Waals surface area contributed by atoms with Crippen molar-refractivity contribution in [1.29, 1.82) is 0 Å². The second-order valence-electron chi connectivity index (χ2n) is 3.92. The molecule has 6 heteroatoms. The lowest BCUT2D eigenvalue weighted by atomic mass is 10.0. The van der Waals surface area contributed by atoms with Gasteiger partial charge in [0.1, 0.15) is 11.1 Å². The summed E-state index contributed by atoms with van der Waals surface area (Å²) in [6.07, 6.45) is 0. The van der Waals surface area contributed by atoms with E-state index in [0.717, 1.165) is 0 Å². The first-order valence-corrected chi connectivity index (χ1v) is 4.58. The first-order chi connectivity index (χ1) is 6.87. The highest BCUT2D eigenvalue weighted by Gasteiger charge is 2.36. The van der Waals surface area contributed by atoms with Crippen LogP contribution in [0.3, 0.4) is 0 Å². The van der Waals surface area contributed by atoms with Crippen LogP contribution in [0.5, 0.6) is 0 Å². The van der Waals surface area contributed by atoms with E-state index in [0.29, 0.717) is 0 Å². The normalized spacial score (nSPS) is 12.7. The molecule has 0 aliphatic heterocycles. The number of ether oxygens (including phenoxy) is 1. The minimum absolute atomic E-state index is 0.512. The highest BCUT2D eigenvalue weighted by Crippen LogP contribution is 2.10. The SMILES string of the molecule is COC(C)(C)C(=O)NC(CO)(CO)CO. The largest absolute Gasteiger partial charge is 0.394 e. The Labute approximate surface area is 88.9 Å². The molecule has 0 radical (unpaired) electrons. The summed E-state index contributed by atoms with van der Waals surface area (Å²) in [6, 6.07) is 0. The van der Waals surface area contributed by atoms with E-state index in [-0.39, 0.29) is 0 Å². The van der Waals surface area contributed by atoms with E-state index in [2.05, 4.69) is 5.32 Å². The maximum Gasteiger partial charge on any atom is 0.252 e. The predicted molar refractivity (Wildman–Crippen MR) is 53.2 cm³/mol. The van der Waals surface area contributed by atoms with E-state index in [1.165, 1.54) is 7.11 Å². The van der Waals surface area contributed by atoms with Crippen molar-refractivity contribution in [3.05, 3.63) is 0 Å². The summed E-state index contributed by atoms with van der Waals surface area (Å²) < 4.78 is 4.92. The molecule has 1 amide bonds. The van der Waals surface area contributed by atoms with Crippen molar-refractivity contribution in [2.75, 3.05) is 26.9 Å². The van der Waals surface area contributed by atoms with Crippen LogP contribution < -0.4 is 5.32 Å². The number of hydrogen-bond donors (Lipinski definition) is 4. The zero-order chi connectivity index (χ0) is 12.1. The lowest BCUT2D eigenvalue weighted by Gasteiger charge is -2.32. The van der Waals surface area contributed by atoms with E-state index >= 15 is 0 Å². The molecule has 0 saturated heterocycles. The lowest BCUT2D eigenvalue weighted by molar-refractivity contribution is -0.143. The van der Waals surface area contributed by atoms with Gasteiger partial charge in [0.15, 0.2) is 0 Å². The highest BCUT2D eigenvalue weighted by molar-refractivity contribution is 5.85. The Kier molecular flexibility index (Phi) is 5.16. The molecule has 15 heavy (non-hydrogen) atoms. The van der Waals surface area contributed by atoms with Crippen molar-refractivity contribution in [2.45, 2.75) is 25.0 Å². The fourth-order valence-electron chi connectivity index (χ4n) is 0.753. The molecule has 0 aliphatic carbocycles. The Bertz CT molecular complexity index is 204. The van der Waals surface area contributed by atoms with Gasteiger partial charge in [-0.15, -0.1) is 0 Å². The van der Waals surface area contributed by atoms with Crippen LogP contribution >= 0.6 is 0 Å². The molecule has 0 unspecified atom stereocenters. The molecule has 4 N–H and O–H groups in total. The van der Waals surface area contributed by atoms with E-state index in [9.17, 15) is 4.79 Å². The third-order valence-corrected chi connectivity index (χ3v) is 2.34. The molecule has 0 atom stereocenters. The number of carbonyl (C=O) groups excluding carboxylic acids is 1. The van der Waals surface area contributed by atoms with Gasteiger partial charge in [0, 0.05) is 7.11 Å². The second-order valence-corrected chi connectivity index (χ2v) is 3.92. The molecule has 0 aliphatic rings. The van der Waals surface area contributed by atoms with Gasteiger partial charge in [0.2, 0.25) is 0 Å². The van der Waals surface area contributed by atoms with Crippen LogP contribution in [0.2, 0.25) is 0 Å². The molecule has 0 rings (SSSR count). The van der Waals surface area contributed by atoms with Gasteiger partial charge >= 0.3 is 0 Å². The van der Waals surface area contributed by atoms with Crippen LogP contribution in [0.4, 0.5) is 0 Å². The van der Waals surface area contributed by atoms with Crippen LogP contribution in [0, 0.1) is 0 Å². The number of aliphatic hydroxyl groups excluding tert-OH is 3. The fourth-order valence-corrected chi connectivity index (χ4v) is 0.753. The standard InChI is InChI=1S/C9H19NO5/c1-8(2,15-3)7(14)10-9(4-11,5-12)6-13/h11-13H,4-6H2,1-3H3,(H,10,14). The van der Waals surface area contributed by atoms with Gasteiger partial charge in [0.05, 0.1) is 19.8 Å². The van der Waals surface area contributed by atoms with Crippen LogP contribution in [0.1, 0.15) is 13.8 Å². The summed E-state index contributed by atoms with van der Waals surface area (Å²) in [4.78, 5) is 11.6. The number of aliphatic hydroxyl groups is 3. The summed E-state index contributed by atoms with van der Waals surface area (Å²) in [6.45, 7) is 1.43. The molecule has 6 nitrogen and oxygen atoms in total. The molecule has 0 aromatic heterocycles. The zero-order valence-electron chi connectivity index (χ0n) is 9.28. The number of rotatable bonds is 6. The molecule has 90 valence electrons. The second kappa shape index (κ2) is 5.41. The Morgan fingerprint density at radius 2 is 1.60 bits per heavy atom. The Morgan fingerprint density at radius 3 is 1.87 bits per heavy atom. The fraction of sp³-hybridized carbons (Fsp3) is 0.889. The Morgan fingerprint density at radius 1 is 1.20 bits per heavy atom. The molecule has 0 fully saturated rings. The molecule has 0 aromatic rings. The number of nitrogens with one attached hydrogen (secondary N) is 1. The minimum atomic E-state index is -1.41. The van der Waals surface area contributed by atoms with Gasteiger partial charge in [-0.2, -0.15) is 0 Å². The average molecular weight is 221 g/mol. The van der Waals surface area contributed by atoms with Crippen LogP contribution in [0.25, 0.3) is 0 Å². The van der Waals surface area contributed by atoms with Gasteiger partial charge in [0.25, 0.3) is 5.91 Å².